The summed E-state index contributed by atoms with van der Waals surface area (Å²) in [6.45, 7) is 5.43. The summed E-state index contributed by atoms with van der Waals surface area (Å²) in [5.74, 6) is -0.952. The van der Waals surface area contributed by atoms with E-state index in [-0.39, 0.29) is 17.4 Å². The zero-order chi connectivity index (χ0) is 12.8. The number of carboxylic acid groups (broad SMARTS) is 1. The molecule has 0 saturated heterocycles. The smallest absolute Gasteiger partial charge is 0.408 e. The molecule has 2 N–H and O–H groups in total. The minimum absolute atomic E-state index is 0.0903. The summed E-state index contributed by atoms with van der Waals surface area (Å²) in [5, 5.41) is 11.7. The molecular formula is C12H19NO4. The minimum Gasteiger partial charge on any atom is -0.481 e. The van der Waals surface area contributed by atoms with E-state index in [9.17, 15) is 9.59 Å². The monoisotopic (exact) mass is 241 g/mol. The van der Waals surface area contributed by atoms with Gasteiger partial charge in [0.1, 0.15) is 5.60 Å². The van der Waals surface area contributed by atoms with Gasteiger partial charge in [-0.3, -0.25) is 4.79 Å². The van der Waals surface area contributed by atoms with Crippen LogP contribution in [0.5, 0.6) is 0 Å². The highest BCUT2D eigenvalue weighted by Crippen LogP contribution is 2.57. The van der Waals surface area contributed by atoms with Gasteiger partial charge >= 0.3 is 12.1 Å². The number of nitrogens with one attached hydrogen (secondary N) is 1. The Morgan fingerprint density at radius 3 is 2.29 bits per heavy atom. The molecule has 0 aliphatic heterocycles. The van der Waals surface area contributed by atoms with Crippen molar-refractivity contribution in [3.63, 3.8) is 0 Å². The fourth-order valence-electron chi connectivity index (χ4n) is 2.31. The molecule has 0 heterocycles. The molecule has 17 heavy (non-hydrogen) atoms. The van der Waals surface area contributed by atoms with Crippen LogP contribution in [-0.2, 0) is 9.53 Å². The molecule has 0 spiro atoms. The molecule has 2 unspecified atom stereocenters. The lowest BCUT2D eigenvalue weighted by molar-refractivity contribution is -0.139. The van der Waals surface area contributed by atoms with Gasteiger partial charge in [0.25, 0.3) is 0 Å². The predicted octanol–water partition coefficient (Wildman–Crippen LogP) is 1.76. The maximum absolute atomic E-state index is 11.6. The molecule has 0 aromatic rings. The average Bonchev–Trinajstić information content (AvgIpc) is 2.92. The zero-order valence-electron chi connectivity index (χ0n) is 10.4. The van der Waals surface area contributed by atoms with Gasteiger partial charge in [-0.15, -0.1) is 0 Å². The van der Waals surface area contributed by atoms with Gasteiger partial charge in [0.15, 0.2) is 0 Å². The van der Waals surface area contributed by atoms with E-state index >= 15 is 0 Å². The summed E-state index contributed by atoms with van der Waals surface area (Å²) in [5.41, 5.74) is -0.818. The lowest BCUT2D eigenvalue weighted by Gasteiger charge is -2.23. The van der Waals surface area contributed by atoms with Crippen molar-refractivity contribution in [2.45, 2.75) is 51.2 Å². The third-order valence-electron chi connectivity index (χ3n) is 3.36. The number of ether oxygens (including phenoxy) is 1. The van der Waals surface area contributed by atoms with Crippen LogP contribution in [0.1, 0.15) is 40.0 Å². The summed E-state index contributed by atoms with van der Waals surface area (Å²) < 4.78 is 5.19. The van der Waals surface area contributed by atoms with Gasteiger partial charge in [-0.2, -0.15) is 0 Å². The van der Waals surface area contributed by atoms with Gasteiger partial charge < -0.3 is 15.2 Å². The molecule has 2 aliphatic carbocycles. The summed E-state index contributed by atoms with van der Waals surface area (Å²) in [7, 11) is 0. The molecule has 0 aromatic heterocycles. The first-order valence-electron chi connectivity index (χ1n) is 5.97. The quantitative estimate of drug-likeness (QED) is 0.789. The Kier molecular flexibility index (Phi) is 2.60. The Bertz CT molecular complexity index is 354. The van der Waals surface area contributed by atoms with Crippen LogP contribution in [0.3, 0.4) is 0 Å². The maximum atomic E-state index is 11.6. The van der Waals surface area contributed by atoms with Crippen LogP contribution in [0.25, 0.3) is 0 Å². The number of hydrogen-bond donors (Lipinski definition) is 2. The Balaban J connectivity index is 1.87. The van der Waals surface area contributed by atoms with E-state index in [1.54, 1.807) is 0 Å². The van der Waals surface area contributed by atoms with Crippen molar-refractivity contribution in [1.29, 1.82) is 0 Å². The van der Waals surface area contributed by atoms with Crippen LogP contribution < -0.4 is 5.32 Å². The molecule has 2 atom stereocenters. The van der Waals surface area contributed by atoms with E-state index in [4.69, 9.17) is 9.84 Å². The Hall–Kier alpha value is -1.26. The van der Waals surface area contributed by atoms with Gasteiger partial charge in [0.2, 0.25) is 0 Å². The van der Waals surface area contributed by atoms with Crippen molar-refractivity contribution in [2.75, 3.05) is 0 Å². The van der Waals surface area contributed by atoms with Gasteiger partial charge in [-0.25, -0.2) is 4.79 Å². The molecule has 0 bridgehead atoms. The first kappa shape index (κ1) is 12.2. The first-order valence-corrected chi connectivity index (χ1v) is 5.97. The molecule has 0 radical (unpaired) electrons. The van der Waals surface area contributed by atoms with Crippen LogP contribution >= 0.6 is 0 Å². The molecule has 5 nitrogen and oxygen atoms in total. The molecule has 2 rings (SSSR count). The van der Waals surface area contributed by atoms with Crippen molar-refractivity contribution in [1.82, 2.24) is 5.32 Å². The molecule has 5 heteroatoms. The first-order chi connectivity index (χ1) is 7.73. The van der Waals surface area contributed by atoms with E-state index in [0.29, 0.717) is 6.42 Å². The largest absolute Gasteiger partial charge is 0.481 e. The van der Waals surface area contributed by atoms with E-state index < -0.39 is 17.7 Å². The highest BCUT2D eigenvalue weighted by molar-refractivity contribution is 5.75. The second-order valence-electron chi connectivity index (χ2n) is 6.07. The van der Waals surface area contributed by atoms with Crippen LogP contribution in [0, 0.1) is 11.8 Å². The molecule has 96 valence electrons. The average molecular weight is 241 g/mol. The summed E-state index contributed by atoms with van der Waals surface area (Å²) in [4.78, 5) is 22.5. The summed E-state index contributed by atoms with van der Waals surface area (Å²) in [6, 6.07) is 0. The Labute approximate surface area is 101 Å². The van der Waals surface area contributed by atoms with E-state index in [1.807, 2.05) is 20.8 Å². The number of amides is 1. The van der Waals surface area contributed by atoms with Gasteiger partial charge in [-0.1, -0.05) is 0 Å². The fraction of sp³-hybridized carbons (Fsp3) is 0.833. The molecule has 2 saturated carbocycles. The van der Waals surface area contributed by atoms with Crippen LogP contribution in [0.15, 0.2) is 0 Å². The number of hydrogen-bond acceptors (Lipinski definition) is 3. The zero-order valence-corrected chi connectivity index (χ0v) is 10.4. The molecular weight excluding hydrogens is 222 g/mol. The summed E-state index contributed by atoms with van der Waals surface area (Å²) in [6.07, 6.45) is 1.96. The second kappa shape index (κ2) is 3.62. The van der Waals surface area contributed by atoms with Crippen LogP contribution in [0.2, 0.25) is 0 Å². The van der Waals surface area contributed by atoms with E-state index in [0.717, 1.165) is 12.8 Å². The molecule has 2 aliphatic rings. The summed E-state index contributed by atoms with van der Waals surface area (Å²) >= 11 is 0. The van der Waals surface area contributed by atoms with Crippen LogP contribution in [-0.4, -0.2) is 28.3 Å². The van der Waals surface area contributed by atoms with Crippen molar-refractivity contribution in [3.05, 3.63) is 0 Å². The second-order valence-corrected chi connectivity index (χ2v) is 6.07. The minimum atomic E-state index is -0.757. The lowest BCUT2D eigenvalue weighted by atomic mass is 10.1. The topological polar surface area (TPSA) is 75.6 Å². The highest BCUT2D eigenvalue weighted by Gasteiger charge is 2.63. The number of carboxylic acids is 1. The maximum Gasteiger partial charge on any atom is 0.408 e. The third-order valence-corrected chi connectivity index (χ3v) is 3.36. The predicted molar refractivity (Wildman–Crippen MR) is 60.6 cm³/mol. The van der Waals surface area contributed by atoms with Crippen molar-refractivity contribution < 1.29 is 19.4 Å². The number of carbonyl (C=O) groups is 2. The number of rotatable bonds is 3. The molecule has 2 fully saturated rings. The van der Waals surface area contributed by atoms with Crippen molar-refractivity contribution in [3.8, 4) is 0 Å². The van der Waals surface area contributed by atoms with Crippen molar-refractivity contribution in [2.24, 2.45) is 11.8 Å². The van der Waals surface area contributed by atoms with Crippen LogP contribution in [0.4, 0.5) is 4.79 Å². The Morgan fingerprint density at radius 1 is 1.35 bits per heavy atom. The number of carbonyl (C=O) groups excluding carboxylic acids is 1. The normalized spacial score (nSPS) is 29.4. The lowest BCUT2D eigenvalue weighted by Crippen LogP contribution is -2.42. The molecule has 1 amide bonds. The molecule has 0 aromatic carbocycles. The third kappa shape index (κ3) is 2.70. The van der Waals surface area contributed by atoms with E-state index in [2.05, 4.69) is 5.32 Å². The number of aliphatic carboxylic acids is 1. The highest BCUT2D eigenvalue weighted by atomic mass is 16.6. The van der Waals surface area contributed by atoms with Gasteiger partial charge in [-0.05, 0) is 46.0 Å². The Morgan fingerprint density at radius 2 is 1.94 bits per heavy atom. The number of alkyl carbamates (subject to hydrolysis) is 1. The van der Waals surface area contributed by atoms with Gasteiger partial charge in [0.05, 0.1) is 5.92 Å². The van der Waals surface area contributed by atoms with Gasteiger partial charge in [0, 0.05) is 5.54 Å². The van der Waals surface area contributed by atoms with E-state index in [1.165, 1.54) is 0 Å². The fourth-order valence-corrected chi connectivity index (χ4v) is 2.31. The van der Waals surface area contributed by atoms with Crippen molar-refractivity contribution >= 4 is 12.1 Å². The standard InChI is InChI=1S/C12H19NO4/c1-11(2,3)17-10(16)13-12(4-5-12)8-6-7(8)9(14)15/h7-8H,4-6H2,1-3H3,(H,13,16)(H,14,15). The SMILES string of the molecule is CC(C)(C)OC(=O)NC1(C2CC2C(=O)O)CC1.